The molecule has 74 valence electrons. The zero-order valence-corrected chi connectivity index (χ0v) is 7.98. The van der Waals surface area contributed by atoms with Crippen LogP contribution in [-0.2, 0) is 6.42 Å². The van der Waals surface area contributed by atoms with E-state index < -0.39 is 5.60 Å². The van der Waals surface area contributed by atoms with Gasteiger partial charge in [-0.05, 0) is 11.1 Å². The van der Waals surface area contributed by atoms with Crippen LogP contribution in [0.1, 0.15) is 17.5 Å². The van der Waals surface area contributed by atoms with Gasteiger partial charge in [-0.1, -0.05) is 36.4 Å². The molecule has 0 spiro atoms. The molecule has 0 radical (unpaired) electrons. The molecule has 0 aliphatic heterocycles. The summed E-state index contributed by atoms with van der Waals surface area (Å²) in [5.41, 5.74) is 1.45. The van der Waals surface area contributed by atoms with E-state index in [9.17, 15) is 5.11 Å². The highest BCUT2D eigenvalue weighted by Gasteiger charge is 2.26. The van der Waals surface area contributed by atoms with Gasteiger partial charge in [-0.15, -0.1) is 0 Å². The van der Waals surface area contributed by atoms with Crippen LogP contribution in [0.2, 0.25) is 0 Å². The molecule has 1 unspecified atom stereocenters. The maximum absolute atomic E-state index is 10.1. The molecule has 2 nitrogen and oxygen atoms in total. The van der Waals surface area contributed by atoms with E-state index >= 15 is 0 Å². The molecule has 14 heavy (non-hydrogen) atoms. The molecule has 0 bridgehead atoms. The molecule has 0 saturated carbocycles. The molecule has 0 heterocycles. The lowest BCUT2D eigenvalue weighted by atomic mass is 9.84. The van der Waals surface area contributed by atoms with Crippen molar-refractivity contribution in [1.82, 2.24) is 0 Å². The highest BCUT2D eigenvalue weighted by molar-refractivity contribution is 5.58. The van der Waals surface area contributed by atoms with Crippen LogP contribution in [0.3, 0.4) is 0 Å². The third kappa shape index (κ3) is 1.72. The first kappa shape index (κ1) is 9.44. The van der Waals surface area contributed by atoms with E-state index in [0.29, 0.717) is 12.8 Å². The zero-order valence-electron chi connectivity index (χ0n) is 7.98. The third-order valence-corrected chi connectivity index (χ3v) is 2.67. The van der Waals surface area contributed by atoms with E-state index in [1.54, 1.807) is 6.08 Å². The molecule has 0 aromatic heterocycles. The minimum Gasteiger partial charge on any atom is -0.396 e. The van der Waals surface area contributed by atoms with Gasteiger partial charge in [0.1, 0.15) is 0 Å². The minimum atomic E-state index is -0.858. The summed E-state index contributed by atoms with van der Waals surface area (Å²) in [5.74, 6) is 0. The molecule has 2 N–H and O–H groups in total. The Kier molecular flexibility index (Phi) is 2.40. The lowest BCUT2D eigenvalue weighted by Crippen LogP contribution is -2.32. The fourth-order valence-corrected chi connectivity index (χ4v) is 1.86. The average Bonchev–Trinajstić information content (AvgIpc) is 2.17. The summed E-state index contributed by atoms with van der Waals surface area (Å²) in [4.78, 5) is 0. The van der Waals surface area contributed by atoms with Gasteiger partial charge in [0.2, 0.25) is 0 Å². The van der Waals surface area contributed by atoms with Crippen molar-refractivity contribution in [3.63, 3.8) is 0 Å². The summed E-state index contributed by atoms with van der Waals surface area (Å²) in [5, 5.41) is 18.9. The SMILES string of the molecule is OCCC1(O)C=Cc2ccccc2C1. The Morgan fingerprint density at radius 3 is 2.86 bits per heavy atom. The second-order valence-electron chi connectivity index (χ2n) is 3.79. The fraction of sp³-hybridized carbons (Fsp3) is 0.333. The van der Waals surface area contributed by atoms with Crippen LogP contribution in [-0.4, -0.2) is 22.4 Å². The topological polar surface area (TPSA) is 40.5 Å². The van der Waals surface area contributed by atoms with Crippen molar-refractivity contribution in [2.24, 2.45) is 0 Å². The van der Waals surface area contributed by atoms with Gasteiger partial charge in [0, 0.05) is 19.4 Å². The average molecular weight is 190 g/mol. The largest absolute Gasteiger partial charge is 0.396 e. The zero-order chi connectivity index (χ0) is 10.0. The molecule has 1 aromatic rings. The molecule has 1 aromatic carbocycles. The van der Waals surface area contributed by atoms with E-state index in [1.165, 1.54) is 0 Å². The van der Waals surface area contributed by atoms with Gasteiger partial charge < -0.3 is 10.2 Å². The maximum Gasteiger partial charge on any atom is 0.0893 e. The fourth-order valence-electron chi connectivity index (χ4n) is 1.86. The van der Waals surface area contributed by atoms with Gasteiger partial charge in [0.25, 0.3) is 0 Å². The van der Waals surface area contributed by atoms with Crippen LogP contribution in [0, 0.1) is 0 Å². The van der Waals surface area contributed by atoms with Crippen molar-refractivity contribution in [2.45, 2.75) is 18.4 Å². The van der Waals surface area contributed by atoms with Gasteiger partial charge in [-0.3, -0.25) is 0 Å². The first-order valence-corrected chi connectivity index (χ1v) is 4.84. The molecule has 1 atom stereocenters. The highest BCUT2D eigenvalue weighted by atomic mass is 16.3. The predicted octanol–water partition coefficient (Wildman–Crippen LogP) is 1.37. The van der Waals surface area contributed by atoms with Gasteiger partial charge in [-0.2, -0.15) is 0 Å². The summed E-state index contributed by atoms with van der Waals surface area (Å²) < 4.78 is 0. The molecular weight excluding hydrogens is 176 g/mol. The van der Waals surface area contributed by atoms with Crippen molar-refractivity contribution in [3.8, 4) is 0 Å². The van der Waals surface area contributed by atoms with Crippen molar-refractivity contribution in [2.75, 3.05) is 6.61 Å². The lowest BCUT2D eigenvalue weighted by Gasteiger charge is -2.28. The predicted molar refractivity (Wildman–Crippen MR) is 55.8 cm³/mol. The number of rotatable bonds is 2. The van der Waals surface area contributed by atoms with E-state index in [-0.39, 0.29) is 6.61 Å². The Balaban J connectivity index is 2.29. The summed E-state index contributed by atoms with van der Waals surface area (Å²) >= 11 is 0. The second-order valence-corrected chi connectivity index (χ2v) is 3.79. The third-order valence-electron chi connectivity index (χ3n) is 2.67. The molecule has 2 heteroatoms. The van der Waals surface area contributed by atoms with Gasteiger partial charge in [0.15, 0.2) is 0 Å². The van der Waals surface area contributed by atoms with Crippen LogP contribution >= 0.6 is 0 Å². The minimum absolute atomic E-state index is 0.0169. The Labute approximate surface area is 83.5 Å². The number of fused-ring (bicyclic) bond motifs is 1. The Morgan fingerprint density at radius 1 is 1.29 bits per heavy atom. The van der Waals surface area contributed by atoms with Gasteiger partial charge >= 0.3 is 0 Å². The normalized spacial score (nSPS) is 24.7. The van der Waals surface area contributed by atoms with Crippen LogP contribution < -0.4 is 0 Å². The van der Waals surface area contributed by atoms with E-state index in [4.69, 9.17) is 5.11 Å². The number of hydrogen-bond acceptors (Lipinski definition) is 2. The summed E-state index contributed by atoms with van der Waals surface area (Å²) in [6, 6.07) is 8.00. The van der Waals surface area contributed by atoms with Crippen molar-refractivity contribution in [1.29, 1.82) is 0 Å². The molecule has 0 saturated heterocycles. The maximum atomic E-state index is 10.1. The Bertz CT molecular complexity index is 357. The first-order chi connectivity index (χ1) is 6.73. The monoisotopic (exact) mass is 190 g/mol. The first-order valence-electron chi connectivity index (χ1n) is 4.84. The van der Waals surface area contributed by atoms with Crippen LogP contribution in [0.25, 0.3) is 6.08 Å². The summed E-state index contributed by atoms with van der Waals surface area (Å²) in [7, 11) is 0. The smallest absolute Gasteiger partial charge is 0.0893 e. The second kappa shape index (κ2) is 3.56. The molecule has 1 aliphatic rings. The highest BCUT2D eigenvalue weighted by Crippen LogP contribution is 2.27. The quantitative estimate of drug-likeness (QED) is 0.739. The molecule has 0 fully saturated rings. The summed E-state index contributed by atoms with van der Waals surface area (Å²) in [6.07, 6.45) is 4.71. The summed E-state index contributed by atoms with van der Waals surface area (Å²) in [6.45, 7) is 0.0169. The van der Waals surface area contributed by atoms with E-state index in [2.05, 4.69) is 0 Å². The van der Waals surface area contributed by atoms with Crippen LogP contribution in [0.4, 0.5) is 0 Å². The Morgan fingerprint density at radius 2 is 2.07 bits per heavy atom. The molecular formula is C12H14O2. The van der Waals surface area contributed by atoms with Gasteiger partial charge in [0.05, 0.1) is 5.60 Å². The Hall–Kier alpha value is -1.12. The number of aliphatic hydroxyl groups excluding tert-OH is 1. The van der Waals surface area contributed by atoms with E-state index in [1.807, 2.05) is 30.3 Å². The molecule has 0 amide bonds. The molecule has 1 aliphatic carbocycles. The number of aliphatic hydroxyl groups is 2. The van der Waals surface area contributed by atoms with Crippen molar-refractivity contribution >= 4 is 6.08 Å². The standard InChI is InChI=1S/C12H14O2/c13-8-7-12(14)6-5-10-3-1-2-4-11(10)9-12/h1-6,13-14H,7-9H2. The lowest BCUT2D eigenvalue weighted by molar-refractivity contribution is 0.0609. The number of benzene rings is 1. The van der Waals surface area contributed by atoms with E-state index in [0.717, 1.165) is 11.1 Å². The molecule has 2 rings (SSSR count). The van der Waals surface area contributed by atoms with Crippen molar-refractivity contribution < 1.29 is 10.2 Å². The van der Waals surface area contributed by atoms with Crippen LogP contribution in [0.15, 0.2) is 30.3 Å². The van der Waals surface area contributed by atoms with Gasteiger partial charge in [-0.25, -0.2) is 0 Å². The number of hydrogen-bond donors (Lipinski definition) is 2. The van der Waals surface area contributed by atoms with Crippen LogP contribution in [0.5, 0.6) is 0 Å². The van der Waals surface area contributed by atoms with Crippen molar-refractivity contribution in [3.05, 3.63) is 41.5 Å².